The number of H-pyrrole nitrogens is 1. The summed E-state index contributed by atoms with van der Waals surface area (Å²) in [6.07, 6.45) is 1.71. The van der Waals surface area contributed by atoms with Crippen molar-refractivity contribution >= 4 is 48.7 Å². The van der Waals surface area contributed by atoms with Crippen LogP contribution in [0.2, 0.25) is 0 Å². The molecule has 0 radical (unpaired) electrons. The first-order valence-electron chi connectivity index (χ1n) is 5.36. The van der Waals surface area contributed by atoms with E-state index in [4.69, 9.17) is 4.74 Å². The fourth-order valence-electron chi connectivity index (χ4n) is 1.67. The third-order valence-corrected chi connectivity index (χ3v) is 4.40. The number of aromatic nitrogens is 1. The van der Waals surface area contributed by atoms with Crippen molar-refractivity contribution in [2.24, 2.45) is 0 Å². The van der Waals surface area contributed by atoms with E-state index in [-0.39, 0.29) is 5.91 Å². The summed E-state index contributed by atoms with van der Waals surface area (Å²) in [4.78, 5) is 15.1. The summed E-state index contributed by atoms with van der Waals surface area (Å²) in [6.45, 7) is 1.00. The first-order valence-corrected chi connectivity index (χ1v) is 6.95. The smallest absolute Gasteiger partial charge is 0.253 e. The van der Waals surface area contributed by atoms with Crippen LogP contribution in [-0.2, 0) is 4.74 Å². The Bertz CT molecular complexity index is 581. The summed E-state index contributed by atoms with van der Waals surface area (Å²) in [5.41, 5.74) is 1.55. The number of fused-ring (bicyclic) bond motifs is 1. The zero-order chi connectivity index (χ0) is 13.1. The second-order valence-electron chi connectivity index (χ2n) is 3.76. The molecule has 0 atom stereocenters. The molecule has 96 valence electrons. The monoisotopic (exact) mass is 374 g/mol. The Morgan fingerprint density at radius 3 is 2.83 bits per heavy atom. The van der Waals surface area contributed by atoms with Crippen LogP contribution in [0.1, 0.15) is 10.4 Å². The summed E-state index contributed by atoms with van der Waals surface area (Å²) in [5, 5.41) is 3.69. The molecule has 6 heteroatoms. The second kappa shape index (κ2) is 5.86. The molecule has 0 bridgehead atoms. The lowest BCUT2D eigenvalue weighted by Crippen LogP contribution is -2.26. The van der Waals surface area contributed by atoms with Gasteiger partial charge in [0.2, 0.25) is 0 Å². The molecule has 1 aromatic heterocycles. The number of halogens is 2. The first-order chi connectivity index (χ1) is 8.63. The zero-order valence-corrected chi connectivity index (χ0v) is 12.9. The minimum Gasteiger partial charge on any atom is -0.383 e. The molecule has 2 N–H and O–H groups in total. The van der Waals surface area contributed by atoms with Gasteiger partial charge in [-0.25, -0.2) is 0 Å². The van der Waals surface area contributed by atoms with Crippen LogP contribution in [-0.4, -0.2) is 31.2 Å². The summed E-state index contributed by atoms with van der Waals surface area (Å²) in [5.74, 6) is -0.104. The van der Waals surface area contributed by atoms with Crippen LogP contribution in [0.25, 0.3) is 10.9 Å². The van der Waals surface area contributed by atoms with E-state index in [9.17, 15) is 4.79 Å². The Balaban J connectivity index is 2.28. The highest BCUT2D eigenvalue weighted by Crippen LogP contribution is 2.29. The molecule has 0 saturated heterocycles. The van der Waals surface area contributed by atoms with E-state index in [0.29, 0.717) is 18.7 Å². The van der Waals surface area contributed by atoms with Crippen LogP contribution in [0.15, 0.2) is 27.3 Å². The van der Waals surface area contributed by atoms with Gasteiger partial charge in [-0.3, -0.25) is 4.79 Å². The van der Waals surface area contributed by atoms with Gasteiger partial charge >= 0.3 is 0 Å². The van der Waals surface area contributed by atoms with Gasteiger partial charge in [0.25, 0.3) is 5.91 Å². The van der Waals surface area contributed by atoms with Crippen molar-refractivity contribution in [3.8, 4) is 0 Å². The molecule has 0 aliphatic heterocycles. The van der Waals surface area contributed by atoms with Gasteiger partial charge in [-0.05, 0) is 44.0 Å². The van der Waals surface area contributed by atoms with Crippen molar-refractivity contribution in [2.75, 3.05) is 20.3 Å². The standard InChI is InChI=1S/C12H12Br2N2O2/c1-18-3-2-15-12(17)8-6-16-11-5-10(14)9(13)4-7(8)11/h4-6,16H,2-3H2,1H3,(H,15,17). The fourth-order valence-corrected chi connectivity index (χ4v) is 2.35. The van der Waals surface area contributed by atoms with Crippen LogP contribution in [0.5, 0.6) is 0 Å². The van der Waals surface area contributed by atoms with Crippen LogP contribution in [0, 0.1) is 0 Å². The summed E-state index contributed by atoms with van der Waals surface area (Å²) < 4.78 is 6.76. The number of hydrogen-bond donors (Lipinski definition) is 2. The number of benzene rings is 1. The lowest BCUT2D eigenvalue weighted by atomic mass is 10.1. The number of carbonyl (C=O) groups excluding carboxylic acids is 1. The van der Waals surface area contributed by atoms with Gasteiger partial charge in [0, 0.05) is 39.7 Å². The van der Waals surface area contributed by atoms with Gasteiger partial charge in [0.15, 0.2) is 0 Å². The van der Waals surface area contributed by atoms with E-state index in [1.807, 2.05) is 12.1 Å². The molecular formula is C12H12Br2N2O2. The molecule has 0 aliphatic rings. The Labute approximate surface area is 121 Å². The van der Waals surface area contributed by atoms with Crippen LogP contribution in [0.3, 0.4) is 0 Å². The largest absolute Gasteiger partial charge is 0.383 e. The maximum absolute atomic E-state index is 12.0. The maximum atomic E-state index is 12.0. The SMILES string of the molecule is COCCNC(=O)c1c[nH]c2cc(Br)c(Br)cc12. The highest BCUT2D eigenvalue weighted by molar-refractivity contribution is 9.13. The van der Waals surface area contributed by atoms with E-state index in [1.165, 1.54) is 0 Å². The van der Waals surface area contributed by atoms with Crippen molar-refractivity contribution in [3.05, 3.63) is 32.8 Å². The summed E-state index contributed by atoms with van der Waals surface area (Å²) >= 11 is 6.87. The maximum Gasteiger partial charge on any atom is 0.253 e. The molecule has 18 heavy (non-hydrogen) atoms. The average molecular weight is 376 g/mol. The fraction of sp³-hybridized carbons (Fsp3) is 0.250. The third kappa shape index (κ3) is 2.76. The molecule has 0 fully saturated rings. The molecule has 1 amide bonds. The van der Waals surface area contributed by atoms with E-state index < -0.39 is 0 Å². The van der Waals surface area contributed by atoms with E-state index in [0.717, 1.165) is 19.8 Å². The number of aromatic amines is 1. The topological polar surface area (TPSA) is 54.1 Å². The molecule has 0 aliphatic carbocycles. The quantitative estimate of drug-likeness (QED) is 0.807. The zero-order valence-electron chi connectivity index (χ0n) is 9.72. The van der Waals surface area contributed by atoms with Crippen molar-refractivity contribution in [1.29, 1.82) is 0 Å². The molecule has 0 spiro atoms. The molecule has 1 aromatic carbocycles. The summed E-state index contributed by atoms with van der Waals surface area (Å²) in [7, 11) is 1.60. The summed E-state index contributed by atoms with van der Waals surface area (Å²) in [6, 6.07) is 3.85. The minimum atomic E-state index is -0.104. The minimum absolute atomic E-state index is 0.104. The van der Waals surface area contributed by atoms with E-state index in [2.05, 4.69) is 42.2 Å². The van der Waals surface area contributed by atoms with Gasteiger partial charge in [-0.1, -0.05) is 0 Å². The van der Waals surface area contributed by atoms with Gasteiger partial charge in [0.1, 0.15) is 0 Å². The Morgan fingerprint density at radius 1 is 1.39 bits per heavy atom. The first kappa shape index (κ1) is 13.6. The van der Waals surface area contributed by atoms with Crippen molar-refractivity contribution in [3.63, 3.8) is 0 Å². The second-order valence-corrected chi connectivity index (χ2v) is 5.47. The lowest BCUT2D eigenvalue weighted by Gasteiger charge is -2.03. The highest BCUT2D eigenvalue weighted by Gasteiger charge is 2.12. The third-order valence-electron chi connectivity index (χ3n) is 2.56. The van der Waals surface area contributed by atoms with Crippen LogP contribution >= 0.6 is 31.9 Å². The Morgan fingerprint density at radius 2 is 2.11 bits per heavy atom. The predicted octanol–water partition coefficient (Wildman–Crippen LogP) is 3.07. The number of nitrogens with one attached hydrogen (secondary N) is 2. The average Bonchev–Trinajstić information content (AvgIpc) is 2.73. The highest BCUT2D eigenvalue weighted by atomic mass is 79.9. The molecule has 1 heterocycles. The molecule has 0 unspecified atom stereocenters. The number of rotatable bonds is 4. The predicted molar refractivity (Wildman–Crippen MR) is 77.9 cm³/mol. The number of carbonyl (C=O) groups is 1. The van der Waals surface area contributed by atoms with Crippen molar-refractivity contribution in [1.82, 2.24) is 10.3 Å². The van der Waals surface area contributed by atoms with Gasteiger partial charge in [-0.15, -0.1) is 0 Å². The normalized spacial score (nSPS) is 10.8. The molecule has 0 saturated carbocycles. The molecular weight excluding hydrogens is 364 g/mol. The number of hydrogen-bond acceptors (Lipinski definition) is 2. The van der Waals surface area contributed by atoms with Crippen molar-refractivity contribution in [2.45, 2.75) is 0 Å². The van der Waals surface area contributed by atoms with Gasteiger partial charge < -0.3 is 15.0 Å². The Hall–Kier alpha value is -0.850. The number of methoxy groups -OCH3 is 1. The van der Waals surface area contributed by atoms with Gasteiger partial charge in [-0.2, -0.15) is 0 Å². The number of ether oxygens (including phenoxy) is 1. The van der Waals surface area contributed by atoms with Crippen LogP contribution in [0.4, 0.5) is 0 Å². The lowest BCUT2D eigenvalue weighted by molar-refractivity contribution is 0.0939. The molecule has 4 nitrogen and oxygen atoms in total. The molecule has 2 aromatic rings. The van der Waals surface area contributed by atoms with E-state index >= 15 is 0 Å². The van der Waals surface area contributed by atoms with E-state index in [1.54, 1.807) is 13.3 Å². The van der Waals surface area contributed by atoms with Gasteiger partial charge in [0.05, 0.1) is 12.2 Å². The van der Waals surface area contributed by atoms with Crippen molar-refractivity contribution < 1.29 is 9.53 Å². The number of amides is 1. The molecule has 2 rings (SSSR count). The van der Waals surface area contributed by atoms with Crippen LogP contribution < -0.4 is 5.32 Å². The Kier molecular flexibility index (Phi) is 4.42.